The minimum Gasteiger partial charge on any atom is -0.479 e. The van der Waals surface area contributed by atoms with Crippen molar-refractivity contribution >= 4 is 23.0 Å². The van der Waals surface area contributed by atoms with Gasteiger partial charge in [0.25, 0.3) is 0 Å². The van der Waals surface area contributed by atoms with E-state index in [9.17, 15) is 4.79 Å². The van der Waals surface area contributed by atoms with E-state index >= 15 is 0 Å². The van der Waals surface area contributed by atoms with Crippen LogP contribution in [0, 0.1) is 0 Å². The standard InChI is InChI=1S/C9H11NO3S/c1-2-7(8-4-3-5-14-8)10-13-6-9(11)12/h3-5H,2,6H2,1H3,(H,11,12). The van der Waals surface area contributed by atoms with E-state index in [1.165, 1.54) is 0 Å². The number of rotatable bonds is 5. The molecule has 0 bridgehead atoms. The van der Waals surface area contributed by atoms with Crippen molar-refractivity contribution in [1.82, 2.24) is 0 Å². The Morgan fingerprint density at radius 1 is 1.71 bits per heavy atom. The van der Waals surface area contributed by atoms with Gasteiger partial charge in [-0.2, -0.15) is 0 Å². The summed E-state index contributed by atoms with van der Waals surface area (Å²) in [6, 6.07) is 3.85. The number of nitrogens with zero attached hydrogens (tertiary/aromatic N) is 1. The predicted molar refractivity (Wildman–Crippen MR) is 54.7 cm³/mol. The predicted octanol–water partition coefficient (Wildman–Crippen LogP) is 1.96. The lowest BCUT2D eigenvalue weighted by molar-refractivity contribution is -0.142. The molecule has 0 saturated heterocycles. The smallest absolute Gasteiger partial charge is 0.344 e. The molecule has 1 aromatic rings. The summed E-state index contributed by atoms with van der Waals surface area (Å²) in [5.74, 6) is -1.02. The van der Waals surface area contributed by atoms with Crippen molar-refractivity contribution in [1.29, 1.82) is 0 Å². The summed E-state index contributed by atoms with van der Waals surface area (Å²) in [7, 11) is 0. The normalized spacial score (nSPS) is 11.4. The molecule has 1 aromatic heterocycles. The van der Waals surface area contributed by atoms with Gasteiger partial charge < -0.3 is 9.94 Å². The SMILES string of the molecule is CCC(=NOCC(=O)O)c1cccs1. The van der Waals surface area contributed by atoms with Gasteiger partial charge in [0.15, 0.2) is 0 Å². The van der Waals surface area contributed by atoms with E-state index in [2.05, 4.69) is 9.99 Å². The Balaban J connectivity index is 2.58. The molecule has 14 heavy (non-hydrogen) atoms. The van der Waals surface area contributed by atoms with Gasteiger partial charge >= 0.3 is 5.97 Å². The van der Waals surface area contributed by atoms with E-state index in [1.807, 2.05) is 24.4 Å². The molecule has 0 aliphatic carbocycles. The molecular weight excluding hydrogens is 202 g/mol. The van der Waals surface area contributed by atoms with Gasteiger partial charge in [0.2, 0.25) is 6.61 Å². The summed E-state index contributed by atoms with van der Waals surface area (Å²) >= 11 is 1.56. The van der Waals surface area contributed by atoms with Crippen LogP contribution in [0.3, 0.4) is 0 Å². The number of thiophene rings is 1. The highest BCUT2D eigenvalue weighted by Gasteiger charge is 2.03. The average molecular weight is 213 g/mol. The average Bonchev–Trinajstić information content (AvgIpc) is 2.64. The second kappa shape index (κ2) is 5.39. The van der Waals surface area contributed by atoms with E-state index < -0.39 is 12.6 Å². The first-order valence-corrected chi connectivity index (χ1v) is 5.06. The minimum absolute atomic E-state index is 0.394. The molecule has 0 amide bonds. The van der Waals surface area contributed by atoms with Crippen LogP contribution in [0.5, 0.6) is 0 Å². The highest BCUT2D eigenvalue weighted by atomic mass is 32.1. The summed E-state index contributed by atoms with van der Waals surface area (Å²) in [6.07, 6.45) is 0.722. The van der Waals surface area contributed by atoms with Gasteiger partial charge in [0.05, 0.1) is 10.6 Å². The zero-order valence-electron chi connectivity index (χ0n) is 7.77. The van der Waals surface area contributed by atoms with E-state index in [0.717, 1.165) is 17.0 Å². The Bertz CT molecular complexity index is 319. The molecule has 4 nitrogen and oxygen atoms in total. The summed E-state index contributed by atoms with van der Waals surface area (Å²) in [6.45, 7) is 1.55. The molecule has 0 saturated carbocycles. The van der Waals surface area contributed by atoms with Crippen LogP contribution in [-0.4, -0.2) is 23.4 Å². The molecule has 0 aliphatic rings. The quantitative estimate of drug-likeness (QED) is 0.601. The molecule has 0 aliphatic heterocycles. The molecule has 1 heterocycles. The van der Waals surface area contributed by atoms with Crippen molar-refractivity contribution in [3.8, 4) is 0 Å². The lowest BCUT2D eigenvalue weighted by atomic mass is 10.2. The molecule has 5 heteroatoms. The maximum atomic E-state index is 10.2. The first kappa shape index (κ1) is 10.7. The third-order valence-corrected chi connectivity index (χ3v) is 2.42. The van der Waals surface area contributed by atoms with Crippen LogP contribution in [0.1, 0.15) is 18.2 Å². The Hall–Kier alpha value is -1.36. The lowest BCUT2D eigenvalue weighted by Crippen LogP contribution is -2.05. The molecule has 0 atom stereocenters. The summed E-state index contributed by atoms with van der Waals surface area (Å²) in [4.78, 5) is 15.8. The van der Waals surface area contributed by atoms with Gasteiger partial charge in [0, 0.05) is 0 Å². The van der Waals surface area contributed by atoms with Crippen molar-refractivity contribution in [2.45, 2.75) is 13.3 Å². The zero-order chi connectivity index (χ0) is 10.4. The van der Waals surface area contributed by atoms with Crippen LogP contribution in [-0.2, 0) is 9.63 Å². The topological polar surface area (TPSA) is 58.9 Å². The largest absolute Gasteiger partial charge is 0.479 e. The number of hydrogen-bond acceptors (Lipinski definition) is 4. The van der Waals surface area contributed by atoms with Gasteiger partial charge in [-0.15, -0.1) is 11.3 Å². The fourth-order valence-corrected chi connectivity index (χ4v) is 1.67. The van der Waals surface area contributed by atoms with Crippen molar-refractivity contribution in [3.63, 3.8) is 0 Å². The third kappa shape index (κ3) is 3.18. The second-order valence-corrected chi connectivity index (χ2v) is 3.48. The number of hydrogen-bond donors (Lipinski definition) is 1. The molecule has 0 aromatic carbocycles. The Morgan fingerprint density at radius 3 is 3.00 bits per heavy atom. The molecular formula is C9H11NO3S. The van der Waals surface area contributed by atoms with E-state index in [-0.39, 0.29) is 0 Å². The number of oxime groups is 1. The van der Waals surface area contributed by atoms with Gasteiger partial charge in [-0.3, -0.25) is 0 Å². The molecule has 76 valence electrons. The van der Waals surface area contributed by atoms with Crippen LogP contribution in [0.15, 0.2) is 22.7 Å². The number of aliphatic carboxylic acids is 1. The van der Waals surface area contributed by atoms with Crippen LogP contribution in [0.25, 0.3) is 0 Å². The molecule has 0 fully saturated rings. The maximum absolute atomic E-state index is 10.2. The van der Waals surface area contributed by atoms with Crippen molar-refractivity contribution < 1.29 is 14.7 Å². The fraction of sp³-hybridized carbons (Fsp3) is 0.333. The van der Waals surface area contributed by atoms with Gasteiger partial charge in [0.1, 0.15) is 0 Å². The maximum Gasteiger partial charge on any atom is 0.344 e. The minimum atomic E-state index is -1.02. The molecule has 0 radical (unpaired) electrons. The van der Waals surface area contributed by atoms with Crippen molar-refractivity contribution in [2.24, 2.45) is 5.16 Å². The third-order valence-electron chi connectivity index (χ3n) is 1.50. The Morgan fingerprint density at radius 2 is 2.50 bits per heavy atom. The van der Waals surface area contributed by atoms with Crippen LogP contribution < -0.4 is 0 Å². The molecule has 0 spiro atoms. The molecule has 0 unspecified atom stereocenters. The molecule has 1 N–H and O–H groups in total. The second-order valence-electron chi connectivity index (χ2n) is 2.54. The number of carboxylic acids is 1. The Kier molecular flexibility index (Phi) is 4.12. The van der Waals surface area contributed by atoms with Crippen LogP contribution in [0.2, 0.25) is 0 Å². The summed E-state index contributed by atoms with van der Waals surface area (Å²) < 4.78 is 0. The first-order valence-electron chi connectivity index (χ1n) is 4.18. The highest BCUT2D eigenvalue weighted by molar-refractivity contribution is 7.12. The van der Waals surface area contributed by atoms with Crippen LogP contribution >= 0.6 is 11.3 Å². The van der Waals surface area contributed by atoms with Gasteiger partial charge in [-0.05, 0) is 17.9 Å². The van der Waals surface area contributed by atoms with Gasteiger partial charge in [-0.25, -0.2) is 4.79 Å². The number of carbonyl (C=O) groups is 1. The summed E-state index contributed by atoms with van der Waals surface area (Å²) in [5, 5.41) is 14.1. The highest BCUT2D eigenvalue weighted by Crippen LogP contribution is 2.12. The van der Waals surface area contributed by atoms with Crippen molar-refractivity contribution in [2.75, 3.05) is 6.61 Å². The van der Waals surface area contributed by atoms with E-state index in [1.54, 1.807) is 11.3 Å². The van der Waals surface area contributed by atoms with Crippen LogP contribution in [0.4, 0.5) is 0 Å². The monoisotopic (exact) mass is 213 g/mol. The fourth-order valence-electron chi connectivity index (χ4n) is 0.892. The van der Waals surface area contributed by atoms with Crippen molar-refractivity contribution in [3.05, 3.63) is 22.4 Å². The zero-order valence-corrected chi connectivity index (χ0v) is 8.58. The van der Waals surface area contributed by atoms with E-state index in [0.29, 0.717) is 0 Å². The van der Waals surface area contributed by atoms with E-state index in [4.69, 9.17) is 5.11 Å². The Labute approximate surface area is 85.8 Å². The molecule has 1 rings (SSSR count). The lowest BCUT2D eigenvalue weighted by Gasteiger charge is -1.99. The van der Waals surface area contributed by atoms with Gasteiger partial charge in [-0.1, -0.05) is 18.1 Å². The summed E-state index contributed by atoms with van der Waals surface area (Å²) in [5.41, 5.74) is 0.779. The number of carboxylic acid groups (broad SMARTS) is 1. The first-order chi connectivity index (χ1) is 6.74.